The third-order valence-electron chi connectivity index (χ3n) is 3.95. The van der Waals surface area contributed by atoms with Gasteiger partial charge in [-0.2, -0.15) is 0 Å². The molecular weight excluding hydrogens is 265 g/mol. The number of aliphatic hydroxyl groups is 1. The summed E-state index contributed by atoms with van der Waals surface area (Å²) in [6.45, 7) is 4.47. The fourth-order valence-electron chi connectivity index (χ4n) is 2.96. The first kappa shape index (κ1) is 13.8. The van der Waals surface area contributed by atoms with E-state index in [1.807, 2.05) is 25.1 Å². The summed E-state index contributed by atoms with van der Waals surface area (Å²) in [5.74, 6) is -0.225. The summed E-state index contributed by atoms with van der Waals surface area (Å²) in [5, 5.41) is 11.1. The normalized spacial score (nSPS) is 12.8. The third kappa shape index (κ3) is 2.45. The van der Waals surface area contributed by atoms with Gasteiger partial charge in [0.15, 0.2) is 0 Å². The van der Waals surface area contributed by atoms with E-state index in [1.54, 1.807) is 19.1 Å². The first-order valence-corrected chi connectivity index (χ1v) is 7.08. The Bertz CT molecular complexity index is 772. The van der Waals surface area contributed by atoms with Crippen molar-refractivity contribution in [1.82, 2.24) is 4.57 Å². The number of hydrogen-bond acceptors (Lipinski definition) is 1. The zero-order valence-corrected chi connectivity index (χ0v) is 12.2. The monoisotopic (exact) mass is 283 g/mol. The molecule has 0 aliphatic carbocycles. The highest BCUT2D eigenvalue weighted by Gasteiger charge is 2.17. The number of aliphatic hydroxyl groups excluding tert-OH is 1. The lowest BCUT2D eigenvalue weighted by Gasteiger charge is -2.10. The second-order valence-corrected chi connectivity index (χ2v) is 5.40. The van der Waals surface area contributed by atoms with Crippen molar-refractivity contribution in [1.29, 1.82) is 0 Å². The summed E-state index contributed by atoms with van der Waals surface area (Å²) < 4.78 is 15.2. The van der Waals surface area contributed by atoms with E-state index in [0.29, 0.717) is 6.54 Å². The van der Waals surface area contributed by atoms with Crippen LogP contribution in [0, 0.1) is 12.7 Å². The van der Waals surface area contributed by atoms with E-state index in [1.165, 1.54) is 12.1 Å². The number of hydrogen-bond donors (Lipinski definition) is 1. The van der Waals surface area contributed by atoms with E-state index in [4.69, 9.17) is 0 Å². The first-order valence-electron chi connectivity index (χ1n) is 7.08. The van der Waals surface area contributed by atoms with Gasteiger partial charge in [-0.1, -0.05) is 30.3 Å². The molecule has 2 nitrogen and oxygen atoms in total. The molecule has 0 saturated carbocycles. The van der Waals surface area contributed by atoms with Crippen LogP contribution in [0.2, 0.25) is 0 Å². The fourth-order valence-corrected chi connectivity index (χ4v) is 2.96. The van der Waals surface area contributed by atoms with Crippen molar-refractivity contribution in [2.24, 2.45) is 0 Å². The molecule has 0 aliphatic rings. The zero-order chi connectivity index (χ0) is 15.0. The number of para-hydroxylation sites is 1. The van der Waals surface area contributed by atoms with Crippen molar-refractivity contribution >= 4 is 10.9 Å². The van der Waals surface area contributed by atoms with Gasteiger partial charge in [-0.05, 0) is 37.6 Å². The van der Waals surface area contributed by atoms with Crippen molar-refractivity contribution in [3.63, 3.8) is 0 Å². The van der Waals surface area contributed by atoms with E-state index in [-0.39, 0.29) is 5.82 Å². The van der Waals surface area contributed by atoms with Crippen LogP contribution in [0.1, 0.15) is 29.8 Å². The van der Waals surface area contributed by atoms with E-state index < -0.39 is 6.10 Å². The molecule has 3 heteroatoms. The molecule has 0 radical (unpaired) electrons. The molecule has 0 bridgehead atoms. The molecule has 0 aliphatic heterocycles. The maximum atomic E-state index is 13.0. The third-order valence-corrected chi connectivity index (χ3v) is 3.95. The van der Waals surface area contributed by atoms with E-state index in [9.17, 15) is 9.50 Å². The van der Waals surface area contributed by atoms with Crippen LogP contribution in [0.3, 0.4) is 0 Å². The molecule has 21 heavy (non-hydrogen) atoms. The van der Waals surface area contributed by atoms with Crippen molar-refractivity contribution < 1.29 is 9.50 Å². The topological polar surface area (TPSA) is 25.2 Å². The molecule has 0 amide bonds. The van der Waals surface area contributed by atoms with Gasteiger partial charge < -0.3 is 9.67 Å². The lowest BCUT2D eigenvalue weighted by molar-refractivity contribution is 0.200. The molecule has 2 aromatic carbocycles. The smallest absolute Gasteiger partial charge is 0.123 e. The predicted molar refractivity (Wildman–Crippen MR) is 82.8 cm³/mol. The Labute approximate surface area is 123 Å². The standard InChI is InChI=1S/C18H18FNO/c1-12-18(13(2)21)16-5-3-4-6-17(16)20(12)11-14-7-9-15(19)10-8-14/h3-10,13,21H,11H2,1-2H3. The first-order chi connectivity index (χ1) is 10.1. The van der Waals surface area contributed by atoms with Crippen LogP contribution in [-0.4, -0.2) is 9.67 Å². The highest BCUT2D eigenvalue weighted by molar-refractivity contribution is 5.86. The highest BCUT2D eigenvalue weighted by Crippen LogP contribution is 2.31. The van der Waals surface area contributed by atoms with Crippen molar-refractivity contribution in [3.05, 3.63) is 71.2 Å². The number of halogens is 1. The molecule has 0 spiro atoms. The Morgan fingerprint density at radius 2 is 1.76 bits per heavy atom. The number of benzene rings is 2. The van der Waals surface area contributed by atoms with Gasteiger partial charge in [0.05, 0.1) is 6.10 Å². The summed E-state index contributed by atoms with van der Waals surface area (Å²) in [7, 11) is 0. The summed E-state index contributed by atoms with van der Waals surface area (Å²) in [5.41, 5.74) is 4.15. The molecular formula is C18H18FNO. The molecule has 3 aromatic rings. The quantitative estimate of drug-likeness (QED) is 0.766. The van der Waals surface area contributed by atoms with Crippen molar-refractivity contribution in [2.75, 3.05) is 0 Å². The molecule has 1 aromatic heterocycles. The number of aromatic nitrogens is 1. The lowest BCUT2D eigenvalue weighted by atomic mass is 10.1. The minimum atomic E-state index is -0.510. The Balaban J connectivity index is 2.14. The van der Waals surface area contributed by atoms with E-state index in [0.717, 1.165) is 27.7 Å². The van der Waals surface area contributed by atoms with Crippen molar-refractivity contribution in [3.8, 4) is 0 Å². The second-order valence-electron chi connectivity index (χ2n) is 5.40. The maximum Gasteiger partial charge on any atom is 0.123 e. The van der Waals surface area contributed by atoms with Gasteiger partial charge in [-0.25, -0.2) is 4.39 Å². The van der Waals surface area contributed by atoms with Gasteiger partial charge in [0.2, 0.25) is 0 Å². The van der Waals surface area contributed by atoms with Crippen LogP contribution in [0.15, 0.2) is 48.5 Å². The molecule has 1 atom stereocenters. The molecule has 1 unspecified atom stereocenters. The Morgan fingerprint density at radius 3 is 2.43 bits per heavy atom. The summed E-state index contributed by atoms with van der Waals surface area (Å²) >= 11 is 0. The number of rotatable bonds is 3. The van der Waals surface area contributed by atoms with Crippen LogP contribution in [0.4, 0.5) is 4.39 Å². The number of nitrogens with zero attached hydrogens (tertiary/aromatic N) is 1. The lowest BCUT2D eigenvalue weighted by Crippen LogP contribution is -2.03. The van der Waals surface area contributed by atoms with E-state index >= 15 is 0 Å². The SMILES string of the molecule is Cc1c(C(C)O)c2ccccc2n1Cc1ccc(F)cc1. The second kappa shape index (κ2) is 5.34. The fraction of sp³-hybridized carbons (Fsp3) is 0.222. The average molecular weight is 283 g/mol. The van der Waals surface area contributed by atoms with Crippen LogP contribution in [0.5, 0.6) is 0 Å². The Kier molecular flexibility index (Phi) is 3.52. The molecule has 1 N–H and O–H groups in total. The molecule has 108 valence electrons. The van der Waals surface area contributed by atoms with Crippen LogP contribution < -0.4 is 0 Å². The van der Waals surface area contributed by atoms with Gasteiger partial charge in [-0.15, -0.1) is 0 Å². The zero-order valence-electron chi connectivity index (χ0n) is 12.2. The molecule has 0 fully saturated rings. The molecule has 3 rings (SSSR count). The summed E-state index contributed by atoms with van der Waals surface area (Å²) in [6.07, 6.45) is -0.510. The van der Waals surface area contributed by atoms with Gasteiger partial charge in [0, 0.05) is 28.7 Å². The highest BCUT2D eigenvalue weighted by atomic mass is 19.1. The minimum absolute atomic E-state index is 0.225. The summed E-state index contributed by atoms with van der Waals surface area (Å²) in [6, 6.07) is 14.6. The number of fused-ring (bicyclic) bond motifs is 1. The maximum absolute atomic E-state index is 13.0. The summed E-state index contributed by atoms with van der Waals surface area (Å²) in [4.78, 5) is 0. The van der Waals surface area contributed by atoms with Crippen LogP contribution >= 0.6 is 0 Å². The van der Waals surface area contributed by atoms with Crippen LogP contribution in [-0.2, 0) is 6.54 Å². The van der Waals surface area contributed by atoms with Gasteiger partial charge in [0.25, 0.3) is 0 Å². The van der Waals surface area contributed by atoms with Gasteiger partial charge in [0.1, 0.15) is 5.82 Å². The van der Waals surface area contributed by atoms with Gasteiger partial charge >= 0.3 is 0 Å². The minimum Gasteiger partial charge on any atom is -0.389 e. The predicted octanol–water partition coefficient (Wildman–Crippen LogP) is 4.19. The van der Waals surface area contributed by atoms with Gasteiger partial charge in [-0.3, -0.25) is 0 Å². The van der Waals surface area contributed by atoms with E-state index in [2.05, 4.69) is 10.6 Å². The van der Waals surface area contributed by atoms with Crippen LogP contribution in [0.25, 0.3) is 10.9 Å². The molecule has 1 heterocycles. The Hall–Kier alpha value is -2.13. The molecule has 0 saturated heterocycles. The largest absolute Gasteiger partial charge is 0.389 e. The van der Waals surface area contributed by atoms with Crippen molar-refractivity contribution in [2.45, 2.75) is 26.5 Å². The average Bonchev–Trinajstić information content (AvgIpc) is 2.74. The Morgan fingerprint density at radius 1 is 1.10 bits per heavy atom.